The Morgan fingerprint density at radius 3 is 2.77 bits per heavy atom. The molecular weight excluding hydrogens is 446 g/mol. The van der Waals surface area contributed by atoms with Gasteiger partial charge in [0.2, 0.25) is 5.91 Å². The number of carbonyl (C=O) groups excluding carboxylic acids is 1. The molecule has 10 heteroatoms. The van der Waals surface area contributed by atoms with Crippen LogP contribution in [-0.4, -0.2) is 39.1 Å². The number of rotatable bonds is 7. The van der Waals surface area contributed by atoms with Gasteiger partial charge in [-0.05, 0) is 55.3 Å². The van der Waals surface area contributed by atoms with E-state index in [1.54, 1.807) is 12.1 Å². The summed E-state index contributed by atoms with van der Waals surface area (Å²) < 4.78 is 34.8. The molecule has 162 valence electrons. The van der Waals surface area contributed by atoms with Gasteiger partial charge in [0.05, 0.1) is 24.1 Å². The largest absolute Gasteiger partial charge is 0.376 e. The number of anilines is 1. The summed E-state index contributed by atoms with van der Waals surface area (Å²) in [5.41, 5.74) is 0.732. The number of halogens is 3. The van der Waals surface area contributed by atoms with Crippen molar-refractivity contribution in [2.24, 2.45) is 0 Å². The van der Waals surface area contributed by atoms with E-state index in [1.807, 2.05) is 4.57 Å². The van der Waals surface area contributed by atoms with Crippen molar-refractivity contribution in [3.63, 3.8) is 0 Å². The van der Waals surface area contributed by atoms with Crippen molar-refractivity contribution in [3.8, 4) is 11.4 Å². The van der Waals surface area contributed by atoms with E-state index in [-0.39, 0.29) is 23.4 Å². The average Bonchev–Trinajstić information content (AvgIpc) is 3.40. The molecule has 1 aliphatic rings. The SMILES string of the molecule is O=C(CSc1nnc(-c2ccc(F)cc2)n1CC1CCCO1)Nc1cc(Cl)ccc1F. The highest BCUT2D eigenvalue weighted by Crippen LogP contribution is 2.27. The first-order valence-corrected chi connectivity index (χ1v) is 11.0. The van der Waals surface area contributed by atoms with E-state index < -0.39 is 11.7 Å². The molecule has 1 unspecified atom stereocenters. The van der Waals surface area contributed by atoms with E-state index >= 15 is 0 Å². The quantitative estimate of drug-likeness (QED) is 0.509. The van der Waals surface area contributed by atoms with Crippen LogP contribution in [0.1, 0.15) is 12.8 Å². The third kappa shape index (κ3) is 5.41. The number of benzene rings is 2. The van der Waals surface area contributed by atoms with Crippen LogP contribution in [0.15, 0.2) is 47.6 Å². The molecule has 0 spiro atoms. The number of hydrogen-bond donors (Lipinski definition) is 1. The summed E-state index contributed by atoms with van der Waals surface area (Å²) in [7, 11) is 0. The first kappa shape index (κ1) is 21.7. The Morgan fingerprint density at radius 1 is 1.23 bits per heavy atom. The van der Waals surface area contributed by atoms with Crippen LogP contribution in [-0.2, 0) is 16.1 Å². The Kier molecular flexibility index (Phi) is 6.84. The maximum atomic E-state index is 13.9. The summed E-state index contributed by atoms with van der Waals surface area (Å²) in [6.07, 6.45) is 1.91. The Hall–Kier alpha value is -2.49. The van der Waals surface area contributed by atoms with Crippen LogP contribution in [0.3, 0.4) is 0 Å². The Morgan fingerprint density at radius 2 is 2.03 bits per heavy atom. The van der Waals surface area contributed by atoms with Crippen LogP contribution in [0.25, 0.3) is 11.4 Å². The minimum Gasteiger partial charge on any atom is -0.376 e. The lowest BCUT2D eigenvalue weighted by atomic mass is 10.2. The second-order valence-electron chi connectivity index (χ2n) is 7.02. The van der Waals surface area contributed by atoms with Gasteiger partial charge in [-0.15, -0.1) is 10.2 Å². The summed E-state index contributed by atoms with van der Waals surface area (Å²) in [4.78, 5) is 12.4. The molecule has 0 radical (unpaired) electrons. The predicted octanol–water partition coefficient (Wildman–Crippen LogP) is 4.79. The second-order valence-corrected chi connectivity index (χ2v) is 8.40. The number of hydrogen-bond acceptors (Lipinski definition) is 5. The molecule has 0 saturated carbocycles. The average molecular weight is 465 g/mol. The molecule has 2 aromatic carbocycles. The number of thioether (sulfide) groups is 1. The van der Waals surface area contributed by atoms with Crippen molar-refractivity contribution in [2.45, 2.75) is 30.6 Å². The Labute approximate surface area is 187 Å². The van der Waals surface area contributed by atoms with Gasteiger partial charge in [-0.25, -0.2) is 8.78 Å². The van der Waals surface area contributed by atoms with Gasteiger partial charge in [-0.1, -0.05) is 23.4 Å². The number of aromatic nitrogens is 3. The summed E-state index contributed by atoms with van der Waals surface area (Å²) >= 11 is 7.04. The fourth-order valence-corrected chi connectivity index (χ4v) is 4.19. The van der Waals surface area contributed by atoms with Crippen LogP contribution in [0.5, 0.6) is 0 Å². The van der Waals surface area contributed by atoms with Crippen molar-refractivity contribution in [2.75, 3.05) is 17.7 Å². The molecule has 1 N–H and O–H groups in total. The molecule has 1 atom stereocenters. The number of nitrogens with one attached hydrogen (secondary N) is 1. The lowest BCUT2D eigenvalue weighted by Gasteiger charge is -2.14. The van der Waals surface area contributed by atoms with Gasteiger partial charge < -0.3 is 10.1 Å². The van der Waals surface area contributed by atoms with Crippen LogP contribution >= 0.6 is 23.4 Å². The van der Waals surface area contributed by atoms with Gasteiger partial charge in [0, 0.05) is 17.2 Å². The molecule has 1 aromatic heterocycles. The molecular formula is C21H19ClF2N4O2S. The number of amides is 1. The van der Waals surface area contributed by atoms with Crippen LogP contribution in [0.4, 0.5) is 14.5 Å². The highest BCUT2D eigenvalue weighted by Gasteiger charge is 2.22. The lowest BCUT2D eigenvalue weighted by Crippen LogP contribution is -2.18. The molecule has 4 rings (SSSR count). The molecule has 31 heavy (non-hydrogen) atoms. The summed E-state index contributed by atoms with van der Waals surface area (Å²) in [5.74, 6) is -0.740. The molecule has 1 fully saturated rings. The van der Waals surface area contributed by atoms with Gasteiger partial charge in [0.15, 0.2) is 11.0 Å². The monoisotopic (exact) mass is 464 g/mol. The van der Waals surface area contributed by atoms with Crippen molar-refractivity contribution in [3.05, 3.63) is 59.1 Å². The van der Waals surface area contributed by atoms with Gasteiger partial charge >= 0.3 is 0 Å². The third-order valence-electron chi connectivity index (χ3n) is 4.76. The minimum absolute atomic E-state index is 0.000964. The van der Waals surface area contributed by atoms with Crippen molar-refractivity contribution in [1.29, 1.82) is 0 Å². The molecule has 2 heterocycles. The topological polar surface area (TPSA) is 69.0 Å². The zero-order valence-electron chi connectivity index (χ0n) is 16.4. The van der Waals surface area contributed by atoms with Gasteiger partial charge in [0.1, 0.15) is 11.6 Å². The highest BCUT2D eigenvalue weighted by atomic mass is 35.5. The Balaban J connectivity index is 1.50. The second kappa shape index (κ2) is 9.76. The van der Waals surface area contributed by atoms with Crippen LogP contribution < -0.4 is 5.32 Å². The van der Waals surface area contributed by atoms with E-state index in [4.69, 9.17) is 16.3 Å². The highest BCUT2D eigenvalue weighted by molar-refractivity contribution is 7.99. The predicted molar refractivity (Wildman–Crippen MR) is 115 cm³/mol. The maximum Gasteiger partial charge on any atom is 0.234 e. The van der Waals surface area contributed by atoms with Gasteiger partial charge in [-0.2, -0.15) is 0 Å². The number of ether oxygens (including phenoxy) is 1. The van der Waals surface area contributed by atoms with Crippen molar-refractivity contribution >= 4 is 35.0 Å². The molecule has 6 nitrogen and oxygen atoms in total. The first-order valence-electron chi connectivity index (χ1n) is 9.68. The molecule has 3 aromatic rings. The van der Waals surface area contributed by atoms with E-state index in [9.17, 15) is 13.6 Å². The standard InChI is InChI=1S/C21H19ClF2N4O2S/c22-14-5-8-17(24)18(10-14)25-19(29)12-31-21-27-26-20(13-3-6-15(23)7-4-13)28(21)11-16-2-1-9-30-16/h3-8,10,16H,1-2,9,11-12H2,(H,25,29). The zero-order valence-corrected chi connectivity index (χ0v) is 17.9. The van der Waals surface area contributed by atoms with E-state index in [1.165, 1.54) is 42.1 Å². The van der Waals surface area contributed by atoms with E-state index in [0.29, 0.717) is 34.7 Å². The Bertz CT molecular complexity index is 1070. The van der Waals surface area contributed by atoms with E-state index in [2.05, 4.69) is 15.5 Å². The molecule has 0 bridgehead atoms. The summed E-state index contributed by atoms with van der Waals surface area (Å²) in [5, 5.41) is 11.8. The zero-order chi connectivity index (χ0) is 21.8. The van der Waals surface area contributed by atoms with Crippen molar-refractivity contribution in [1.82, 2.24) is 14.8 Å². The lowest BCUT2D eigenvalue weighted by molar-refractivity contribution is -0.113. The van der Waals surface area contributed by atoms with Crippen LogP contribution in [0, 0.1) is 11.6 Å². The van der Waals surface area contributed by atoms with E-state index in [0.717, 1.165) is 12.8 Å². The minimum atomic E-state index is -0.567. The third-order valence-corrected chi connectivity index (χ3v) is 5.97. The smallest absolute Gasteiger partial charge is 0.234 e. The maximum absolute atomic E-state index is 13.9. The number of carbonyl (C=O) groups is 1. The normalized spacial score (nSPS) is 15.9. The van der Waals surface area contributed by atoms with Crippen LogP contribution in [0.2, 0.25) is 5.02 Å². The van der Waals surface area contributed by atoms with Crippen molar-refractivity contribution < 1.29 is 18.3 Å². The van der Waals surface area contributed by atoms with Gasteiger partial charge in [-0.3, -0.25) is 9.36 Å². The fourth-order valence-electron chi connectivity index (χ4n) is 3.27. The molecule has 1 aliphatic heterocycles. The first-order chi connectivity index (χ1) is 15.0. The van der Waals surface area contributed by atoms with Gasteiger partial charge in [0.25, 0.3) is 0 Å². The molecule has 0 aliphatic carbocycles. The molecule has 1 amide bonds. The molecule has 1 saturated heterocycles. The fraction of sp³-hybridized carbons (Fsp3) is 0.286. The summed E-state index contributed by atoms with van der Waals surface area (Å²) in [6.45, 7) is 1.22. The number of nitrogens with zero attached hydrogens (tertiary/aromatic N) is 3. The summed E-state index contributed by atoms with van der Waals surface area (Å²) in [6, 6.07) is 9.94.